The van der Waals surface area contributed by atoms with E-state index in [1.54, 1.807) is 41.3 Å². The maximum atomic E-state index is 12.5. The molecule has 0 unspecified atom stereocenters. The van der Waals surface area contributed by atoms with Gasteiger partial charge in [-0.3, -0.25) is 19.2 Å². The van der Waals surface area contributed by atoms with Crippen LogP contribution in [0.1, 0.15) is 16.2 Å². The van der Waals surface area contributed by atoms with Gasteiger partial charge in [0.15, 0.2) is 5.76 Å². The number of H-pyrrole nitrogens is 1. The predicted molar refractivity (Wildman–Crippen MR) is 105 cm³/mol. The summed E-state index contributed by atoms with van der Waals surface area (Å²) in [6, 6.07) is 10.1. The van der Waals surface area contributed by atoms with Crippen molar-refractivity contribution in [2.75, 3.05) is 26.2 Å². The highest BCUT2D eigenvalue weighted by atomic mass is 16.3. The molecular weight excluding hydrogens is 390 g/mol. The number of furan rings is 1. The normalized spacial score (nSPS) is 14.0. The fourth-order valence-corrected chi connectivity index (χ4v) is 3.36. The van der Waals surface area contributed by atoms with E-state index in [0.717, 1.165) is 0 Å². The van der Waals surface area contributed by atoms with E-state index in [1.165, 1.54) is 11.2 Å². The summed E-state index contributed by atoms with van der Waals surface area (Å²) in [7, 11) is 0. The van der Waals surface area contributed by atoms with Gasteiger partial charge < -0.3 is 19.5 Å². The lowest BCUT2D eigenvalue weighted by atomic mass is 10.1. The third-order valence-corrected chi connectivity index (χ3v) is 4.97. The van der Waals surface area contributed by atoms with Crippen LogP contribution in [-0.2, 0) is 16.1 Å². The van der Waals surface area contributed by atoms with Crippen molar-refractivity contribution >= 4 is 28.5 Å². The van der Waals surface area contributed by atoms with Crippen LogP contribution in [0.3, 0.4) is 0 Å². The Morgan fingerprint density at radius 1 is 1.00 bits per heavy atom. The Balaban J connectivity index is 1.34. The molecule has 0 saturated carbocycles. The Morgan fingerprint density at radius 3 is 2.40 bits per heavy atom. The van der Waals surface area contributed by atoms with Gasteiger partial charge in [-0.25, -0.2) is 5.10 Å². The fourth-order valence-electron chi connectivity index (χ4n) is 3.36. The van der Waals surface area contributed by atoms with Crippen LogP contribution in [0.15, 0.2) is 51.9 Å². The van der Waals surface area contributed by atoms with Gasteiger partial charge in [0.05, 0.1) is 23.9 Å². The van der Waals surface area contributed by atoms with Crippen molar-refractivity contribution in [3.8, 4) is 0 Å². The average Bonchev–Trinajstić information content (AvgIpc) is 3.33. The molecule has 0 aliphatic carbocycles. The van der Waals surface area contributed by atoms with Crippen LogP contribution in [0.25, 0.3) is 10.8 Å². The van der Waals surface area contributed by atoms with Crippen LogP contribution in [0.4, 0.5) is 0 Å². The van der Waals surface area contributed by atoms with Gasteiger partial charge in [-0.15, -0.1) is 0 Å². The molecule has 10 nitrogen and oxygen atoms in total. The van der Waals surface area contributed by atoms with Gasteiger partial charge in [-0.1, -0.05) is 18.2 Å². The van der Waals surface area contributed by atoms with E-state index in [2.05, 4.69) is 15.5 Å². The molecule has 0 radical (unpaired) electrons. The standard InChI is InChI=1S/C20H19N5O5/c26-17-14-5-2-1-4-13(14)15(22-23-17)12-21-18(27)20(29)25-9-7-24(8-10-25)19(28)16-6-3-11-30-16/h1-6,11H,7-10,12H2,(H,21,27)(H,23,26). The zero-order valence-electron chi connectivity index (χ0n) is 16.0. The fraction of sp³-hybridized carbons (Fsp3) is 0.250. The first-order valence-corrected chi connectivity index (χ1v) is 9.41. The molecule has 4 rings (SSSR count). The second-order valence-electron chi connectivity index (χ2n) is 6.79. The maximum absolute atomic E-state index is 12.5. The number of aromatic amines is 1. The highest BCUT2D eigenvalue weighted by molar-refractivity contribution is 6.35. The minimum absolute atomic E-state index is 0.00118. The molecule has 2 N–H and O–H groups in total. The van der Waals surface area contributed by atoms with Gasteiger partial charge in [0.25, 0.3) is 11.5 Å². The third-order valence-electron chi connectivity index (χ3n) is 4.97. The lowest BCUT2D eigenvalue weighted by molar-refractivity contribution is -0.146. The van der Waals surface area contributed by atoms with Crippen LogP contribution in [0, 0.1) is 0 Å². The Hall–Kier alpha value is -3.95. The summed E-state index contributed by atoms with van der Waals surface area (Å²) in [5, 5.41) is 9.99. The summed E-state index contributed by atoms with van der Waals surface area (Å²) in [4.78, 5) is 51.9. The number of carbonyl (C=O) groups excluding carboxylic acids is 3. The molecule has 0 spiro atoms. The van der Waals surface area contributed by atoms with Gasteiger partial charge >= 0.3 is 11.8 Å². The topological polar surface area (TPSA) is 129 Å². The molecule has 1 fully saturated rings. The van der Waals surface area contributed by atoms with E-state index in [1.807, 2.05) is 0 Å². The summed E-state index contributed by atoms with van der Waals surface area (Å²) in [5.74, 6) is -1.44. The molecule has 10 heteroatoms. The summed E-state index contributed by atoms with van der Waals surface area (Å²) in [6.45, 7) is 1.12. The number of fused-ring (bicyclic) bond motifs is 1. The largest absolute Gasteiger partial charge is 0.459 e. The quantitative estimate of drug-likeness (QED) is 0.591. The Bertz CT molecular complexity index is 1150. The van der Waals surface area contributed by atoms with Crippen molar-refractivity contribution in [2.24, 2.45) is 0 Å². The number of rotatable bonds is 3. The summed E-state index contributed by atoms with van der Waals surface area (Å²) >= 11 is 0. The van der Waals surface area contributed by atoms with Gasteiger partial charge in [0.1, 0.15) is 0 Å². The van der Waals surface area contributed by atoms with E-state index < -0.39 is 11.8 Å². The van der Waals surface area contributed by atoms with Crippen LogP contribution in [-0.4, -0.2) is 63.9 Å². The molecule has 1 aromatic carbocycles. The molecule has 1 aliphatic heterocycles. The van der Waals surface area contributed by atoms with Crippen LogP contribution in [0.5, 0.6) is 0 Å². The van der Waals surface area contributed by atoms with Crippen molar-refractivity contribution in [1.29, 1.82) is 0 Å². The maximum Gasteiger partial charge on any atom is 0.312 e. The molecular formula is C20H19N5O5. The minimum atomic E-state index is -0.766. The number of benzene rings is 1. The van der Waals surface area contributed by atoms with Crippen molar-refractivity contribution in [2.45, 2.75) is 6.54 Å². The SMILES string of the molecule is O=C(NCc1n[nH]c(=O)c2ccccc12)C(=O)N1CCN(C(=O)c2ccco2)CC1. The molecule has 3 aromatic rings. The second-order valence-corrected chi connectivity index (χ2v) is 6.79. The molecule has 154 valence electrons. The van der Waals surface area contributed by atoms with Crippen molar-refractivity contribution in [1.82, 2.24) is 25.3 Å². The van der Waals surface area contributed by atoms with Gasteiger partial charge in [-0.2, -0.15) is 5.10 Å². The summed E-state index contributed by atoms with van der Waals surface area (Å²) in [6.07, 6.45) is 1.43. The smallest absolute Gasteiger partial charge is 0.312 e. The lowest BCUT2D eigenvalue weighted by Gasteiger charge is -2.33. The predicted octanol–water partition coefficient (Wildman–Crippen LogP) is 0.117. The first-order chi connectivity index (χ1) is 14.5. The number of hydrogen-bond acceptors (Lipinski definition) is 6. The molecule has 1 saturated heterocycles. The second kappa shape index (κ2) is 8.19. The average molecular weight is 409 g/mol. The molecule has 30 heavy (non-hydrogen) atoms. The van der Waals surface area contributed by atoms with E-state index in [4.69, 9.17) is 4.42 Å². The Labute approximate surface area is 170 Å². The van der Waals surface area contributed by atoms with E-state index in [9.17, 15) is 19.2 Å². The lowest BCUT2D eigenvalue weighted by Crippen LogP contribution is -2.53. The zero-order chi connectivity index (χ0) is 21.1. The summed E-state index contributed by atoms with van der Waals surface area (Å²) in [5.41, 5.74) is 0.138. The van der Waals surface area contributed by atoms with Crippen LogP contribution >= 0.6 is 0 Å². The summed E-state index contributed by atoms with van der Waals surface area (Å²) < 4.78 is 5.11. The number of carbonyl (C=O) groups is 3. The highest BCUT2D eigenvalue weighted by Gasteiger charge is 2.29. The molecule has 0 bridgehead atoms. The number of aromatic nitrogens is 2. The van der Waals surface area contributed by atoms with E-state index >= 15 is 0 Å². The van der Waals surface area contributed by atoms with E-state index in [-0.39, 0.29) is 36.9 Å². The number of hydrogen-bond donors (Lipinski definition) is 2. The van der Waals surface area contributed by atoms with Gasteiger partial charge in [-0.05, 0) is 18.2 Å². The minimum Gasteiger partial charge on any atom is -0.459 e. The molecule has 1 aliphatic rings. The van der Waals surface area contributed by atoms with Gasteiger partial charge in [0.2, 0.25) is 0 Å². The Morgan fingerprint density at radius 2 is 1.70 bits per heavy atom. The number of amides is 3. The van der Waals surface area contributed by atoms with Gasteiger partial charge in [0, 0.05) is 31.6 Å². The van der Waals surface area contributed by atoms with E-state index in [0.29, 0.717) is 29.6 Å². The molecule has 3 amide bonds. The van der Waals surface area contributed by atoms with Crippen LogP contribution in [0.2, 0.25) is 0 Å². The highest BCUT2D eigenvalue weighted by Crippen LogP contribution is 2.12. The Kier molecular flexibility index (Phi) is 5.29. The first kappa shape index (κ1) is 19.4. The first-order valence-electron chi connectivity index (χ1n) is 9.41. The third kappa shape index (κ3) is 3.79. The van der Waals surface area contributed by atoms with Crippen molar-refractivity contribution in [3.05, 3.63) is 64.5 Å². The molecule has 0 atom stereocenters. The monoisotopic (exact) mass is 409 g/mol. The van der Waals surface area contributed by atoms with Crippen molar-refractivity contribution in [3.63, 3.8) is 0 Å². The molecule has 3 heterocycles. The number of nitrogens with zero attached hydrogens (tertiary/aromatic N) is 3. The number of piperazine rings is 1. The van der Waals surface area contributed by atoms with Crippen LogP contribution < -0.4 is 10.9 Å². The molecule has 2 aromatic heterocycles. The number of nitrogens with one attached hydrogen (secondary N) is 2. The zero-order valence-corrected chi connectivity index (χ0v) is 16.0. The van der Waals surface area contributed by atoms with Crippen molar-refractivity contribution < 1.29 is 18.8 Å².